The lowest BCUT2D eigenvalue weighted by Gasteiger charge is -2.27. The first-order chi connectivity index (χ1) is 19.1. The number of amides is 2. The molecular weight excluding hydrogens is 554 g/mol. The smallest absolute Gasteiger partial charge is 0.416 e. The Bertz CT molecular complexity index is 1230. The van der Waals surface area contributed by atoms with Gasteiger partial charge in [-0.1, -0.05) is 32.8 Å². The minimum Gasteiger partial charge on any atom is -0.478 e. The largest absolute Gasteiger partial charge is 0.478 e. The quantitative estimate of drug-likeness (QED) is 0.103. The number of anilines is 2. The van der Waals surface area contributed by atoms with Crippen LogP contribution in [0.3, 0.4) is 0 Å². The fraction of sp³-hybridized carbons (Fsp3) is 0.393. The van der Waals surface area contributed by atoms with Crippen molar-refractivity contribution in [2.75, 3.05) is 23.3 Å². The topological polar surface area (TPSA) is 94.0 Å². The second-order valence-corrected chi connectivity index (χ2v) is 9.26. The first-order valence-corrected chi connectivity index (χ1v) is 12.9. The van der Waals surface area contributed by atoms with Gasteiger partial charge in [0.05, 0.1) is 28.7 Å². The highest BCUT2D eigenvalue weighted by molar-refractivity contribution is 5.96. The summed E-state index contributed by atoms with van der Waals surface area (Å²) in [5.74, 6) is -1.15. The molecule has 7 nitrogen and oxygen atoms in total. The number of allylic oxidation sites excluding steroid dienone is 1. The van der Waals surface area contributed by atoms with Gasteiger partial charge >= 0.3 is 24.4 Å². The highest BCUT2D eigenvalue weighted by Gasteiger charge is 2.36. The van der Waals surface area contributed by atoms with Gasteiger partial charge in [-0.15, -0.1) is 0 Å². The van der Waals surface area contributed by atoms with Crippen molar-refractivity contribution in [3.63, 3.8) is 0 Å². The molecule has 3 N–H and O–H groups in total. The fourth-order valence-corrected chi connectivity index (χ4v) is 3.85. The molecule has 0 bridgehead atoms. The number of carboxylic acids is 1. The average Bonchev–Trinajstić information content (AvgIpc) is 2.87. The molecule has 0 saturated carbocycles. The number of carbonyl (C=O) groups is 2. The van der Waals surface area contributed by atoms with Crippen molar-refractivity contribution in [3.8, 4) is 0 Å². The Morgan fingerprint density at radius 2 is 1.49 bits per heavy atom. The zero-order chi connectivity index (χ0) is 30.8. The molecule has 224 valence electrons. The first kappa shape index (κ1) is 33.2. The molecule has 0 aliphatic heterocycles. The van der Waals surface area contributed by atoms with Crippen molar-refractivity contribution in [3.05, 3.63) is 64.7 Å². The van der Waals surface area contributed by atoms with Gasteiger partial charge in [0.2, 0.25) is 0 Å². The molecule has 0 fully saturated rings. The number of carbonyl (C=O) groups excluding carboxylic acids is 1. The van der Waals surface area contributed by atoms with Gasteiger partial charge in [-0.2, -0.15) is 31.4 Å². The summed E-state index contributed by atoms with van der Waals surface area (Å²) in [7, 11) is 0. The van der Waals surface area contributed by atoms with E-state index in [1.54, 1.807) is 25.1 Å². The third-order valence-corrected chi connectivity index (χ3v) is 5.93. The lowest BCUT2D eigenvalue weighted by atomic mass is 10.0. The Labute approximate surface area is 233 Å². The maximum absolute atomic E-state index is 13.1. The van der Waals surface area contributed by atoms with Crippen LogP contribution in [0.4, 0.5) is 42.5 Å². The first-order valence-electron chi connectivity index (χ1n) is 12.9. The van der Waals surface area contributed by atoms with Crippen LogP contribution in [0.5, 0.6) is 0 Å². The van der Waals surface area contributed by atoms with Crippen LogP contribution in [0.1, 0.15) is 68.7 Å². The number of hydrogen-bond donors (Lipinski definition) is 3. The summed E-state index contributed by atoms with van der Waals surface area (Å²) in [6.07, 6.45) is -4.77. The Morgan fingerprint density at radius 3 is 1.98 bits per heavy atom. The third-order valence-electron chi connectivity index (χ3n) is 5.93. The van der Waals surface area contributed by atoms with Crippen LogP contribution in [-0.2, 0) is 17.1 Å². The molecule has 2 aromatic carbocycles. The Kier molecular flexibility index (Phi) is 11.8. The fourth-order valence-electron chi connectivity index (χ4n) is 3.85. The Balaban J connectivity index is 2.37. The molecule has 2 amide bonds. The summed E-state index contributed by atoms with van der Waals surface area (Å²) < 4.78 is 78.7. The number of nitrogens with zero attached hydrogens (tertiary/aromatic N) is 2. The average molecular weight is 587 g/mol. The predicted octanol–water partition coefficient (Wildman–Crippen LogP) is 7.77. The molecule has 41 heavy (non-hydrogen) atoms. The van der Waals surface area contributed by atoms with E-state index in [0.29, 0.717) is 53.9 Å². The molecule has 0 aliphatic rings. The van der Waals surface area contributed by atoms with Gasteiger partial charge in [0.1, 0.15) is 0 Å². The van der Waals surface area contributed by atoms with Crippen molar-refractivity contribution >= 4 is 35.2 Å². The minimum absolute atomic E-state index is 0.00434. The number of carboxylic acid groups (broad SMARTS) is 1. The van der Waals surface area contributed by atoms with Gasteiger partial charge in [-0.25, -0.2) is 15.0 Å². The van der Waals surface area contributed by atoms with Crippen LogP contribution in [0.2, 0.25) is 0 Å². The number of urea groups is 1. The molecule has 2 aromatic rings. The molecule has 0 radical (unpaired) electrons. The van der Waals surface area contributed by atoms with Crippen LogP contribution in [-0.4, -0.2) is 36.4 Å². The van der Waals surface area contributed by atoms with Gasteiger partial charge in [-0.3, -0.25) is 0 Å². The number of alkyl halides is 6. The standard InChI is InChI=1S/C28H32F6N4O3/c1-4-6-10-38(11-7-5-2)24-9-8-20(18(3)12-25(39)40)15-23(24)36-26(41)37-35-17-19-13-21(27(29,30)31)16-22(14-19)28(32,33)34/h8-9,12-17H,4-7,10-11H2,1-3H3,(H,39,40)(H2,36,37,41)/b18-12+,35-17+. The molecule has 0 heterocycles. The predicted molar refractivity (Wildman–Crippen MR) is 146 cm³/mol. The monoisotopic (exact) mass is 586 g/mol. The number of benzene rings is 2. The van der Waals surface area contributed by atoms with E-state index in [0.717, 1.165) is 31.8 Å². The van der Waals surface area contributed by atoms with Gasteiger partial charge in [0.15, 0.2) is 0 Å². The second kappa shape index (κ2) is 14.6. The van der Waals surface area contributed by atoms with Gasteiger partial charge in [0.25, 0.3) is 0 Å². The zero-order valence-electron chi connectivity index (χ0n) is 22.8. The number of hydrazone groups is 1. The lowest BCUT2D eigenvalue weighted by molar-refractivity contribution is -0.143. The van der Waals surface area contributed by atoms with E-state index in [4.69, 9.17) is 5.11 Å². The van der Waals surface area contributed by atoms with Gasteiger partial charge in [-0.05, 0) is 66.8 Å². The number of halogens is 6. The van der Waals surface area contributed by atoms with Crippen molar-refractivity contribution in [1.82, 2.24) is 5.43 Å². The minimum atomic E-state index is -5.02. The van der Waals surface area contributed by atoms with E-state index in [1.807, 2.05) is 13.8 Å². The Morgan fingerprint density at radius 1 is 0.927 bits per heavy atom. The number of rotatable bonds is 12. The molecule has 13 heteroatoms. The van der Waals surface area contributed by atoms with Crippen LogP contribution in [0, 0.1) is 0 Å². The Hall–Kier alpha value is -4.03. The maximum Gasteiger partial charge on any atom is 0.416 e. The number of hydrogen-bond acceptors (Lipinski definition) is 4. The van der Waals surface area contributed by atoms with E-state index >= 15 is 0 Å². The van der Waals surface area contributed by atoms with Gasteiger partial charge < -0.3 is 15.3 Å². The summed E-state index contributed by atoms with van der Waals surface area (Å²) in [6.45, 7) is 7.03. The van der Waals surface area contributed by atoms with Crippen molar-refractivity contribution < 1.29 is 41.0 Å². The normalized spacial score (nSPS) is 12.5. The van der Waals surface area contributed by atoms with Crippen LogP contribution >= 0.6 is 0 Å². The van der Waals surface area contributed by atoms with Crippen LogP contribution in [0.15, 0.2) is 47.6 Å². The number of unbranched alkanes of at least 4 members (excludes halogenated alkanes) is 2. The summed E-state index contributed by atoms with van der Waals surface area (Å²) in [5, 5.41) is 15.2. The zero-order valence-corrected chi connectivity index (χ0v) is 22.8. The molecule has 0 aromatic heterocycles. The van der Waals surface area contributed by atoms with E-state index in [2.05, 4.69) is 20.7 Å². The molecule has 0 aliphatic carbocycles. The number of aliphatic carboxylic acids is 1. The van der Waals surface area contributed by atoms with Gasteiger partial charge in [0, 0.05) is 19.2 Å². The highest BCUT2D eigenvalue weighted by atomic mass is 19.4. The molecule has 0 spiro atoms. The summed E-state index contributed by atoms with van der Waals surface area (Å²) in [6, 6.07) is 5.11. The summed E-state index contributed by atoms with van der Waals surface area (Å²) >= 11 is 0. The van der Waals surface area contributed by atoms with Crippen LogP contribution in [0.25, 0.3) is 5.57 Å². The summed E-state index contributed by atoms with van der Waals surface area (Å²) in [5.41, 5.74) is 0.435. The van der Waals surface area contributed by atoms with Crippen molar-refractivity contribution in [1.29, 1.82) is 0 Å². The highest BCUT2D eigenvalue weighted by Crippen LogP contribution is 2.36. The number of nitrogens with one attached hydrogen (secondary N) is 2. The molecular formula is C28H32F6N4O3. The van der Waals surface area contributed by atoms with Crippen molar-refractivity contribution in [2.24, 2.45) is 5.10 Å². The van der Waals surface area contributed by atoms with Crippen molar-refractivity contribution in [2.45, 2.75) is 58.8 Å². The summed E-state index contributed by atoms with van der Waals surface area (Å²) in [4.78, 5) is 25.9. The van der Waals surface area contributed by atoms with E-state index in [9.17, 15) is 35.9 Å². The molecule has 0 saturated heterocycles. The lowest BCUT2D eigenvalue weighted by Crippen LogP contribution is -2.29. The van der Waals surface area contributed by atoms with E-state index < -0.39 is 41.0 Å². The second-order valence-electron chi connectivity index (χ2n) is 9.26. The van der Waals surface area contributed by atoms with Crippen LogP contribution < -0.4 is 15.6 Å². The molecule has 2 rings (SSSR count). The van der Waals surface area contributed by atoms with E-state index in [-0.39, 0.29) is 6.07 Å². The molecule has 0 unspecified atom stereocenters. The SMILES string of the molecule is CCCCN(CCCC)c1ccc(/C(C)=C/C(=O)O)cc1NC(=O)N/N=C/c1cc(C(F)(F)F)cc(C(F)(F)F)c1. The molecule has 0 atom stereocenters. The van der Waals surface area contributed by atoms with E-state index in [1.165, 1.54) is 0 Å². The third kappa shape index (κ3) is 10.5. The maximum atomic E-state index is 13.1.